The Balaban J connectivity index is 1.18. The molecule has 0 aliphatic carbocycles. The van der Waals surface area contributed by atoms with E-state index in [4.69, 9.17) is 8.83 Å². The van der Waals surface area contributed by atoms with Crippen LogP contribution in [0.3, 0.4) is 0 Å². The first-order valence-corrected chi connectivity index (χ1v) is 18.8. The Morgan fingerprint density at radius 2 is 0.927 bits per heavy atom. The van der Waals surface area contributed by atoms with E-state index in [1.807, 2.05) is 24.3 Å². The fraction of sp³-hybridized carbons (Fsp3) is 0. The lowest BCUT2D eigenvalue weighted by atomic mass is 9.84. The average molecular weight is 702 g/mol. The van der Waals surface area contributed by atoms with Crippen LogP contribution in [0.5, 0.6) is 0 Å². The predicted molar refractivity (Wildman–Crippen MR) is 229 cm³/mol. The van der Waals surface area contributed by atoms with E-state index < -0.39 is 0 Å². The topological polar surface area (TPSA) is 31.2 Å². The zero-order valence-electron chi connectivity index (χ0n) is 29.7. The molecule has 0 amide bonds. The summed E-state index contributed by atoms with van der Waals surface area (Å²) >= 11 is 0. The van der Waals surface area contributed by atoms with Gasteiger partial charge < -0.3 is 13.4 Å². The lowest BCUT2D eigenvalue weighted by Crippen LogP contribution is -1.93. The van der Waals surface area contributed by atoms with Crippen LogP contribution in [0.25, 0.3) is 116 Å². The highest BCUT2D eigenvalue weighted by Crippen LogP contribution is 2.50. The zero-order valence-corrected chi connectivity index (χ0v) is 29.7. The van der Waals surface area contributed by atoms with Crippen molar-refractivity contribution in [3.8, 4) is 39.3 Å². The van der Waals surface area contributed by atoms with Gasteiger partial charge >= 0.3 is 0 Å². The molecule has 0 bridgehead atoms. The van der Waals surface area contributed by atoms with Crippen molar-refractivity contribution in [1.29, 1.82) is 0 Å². The van der Waals surface area contributed by atoms with E-state index in [1.165, 1.54) is 60.0 Å². The van der Waals surface area contributed by atoms with Gasteiger partial charge in [-0.1, -0.05) is 140 Å². The number of hydrogen-bond donors (Lipinski definition) is 0. The summed E-state index contributed by atoms with van der Waals surface area (Å²) < 4.78 is 15.8. The van der Waals surface area contributed by atoms with Crippen LogP contribution in [-0.4, -0.2) is 4.57 Å². The fourth-order valence-corrected chi connectivity index (χ4v) is 9.05. The number of furan rings is 2. The van der Waals surface area contributed by atoms with Crippen molar-refractivity contribution >= 4 is 76.3 Å². The molecule has 9 aromatic carbocycles. The molecule has 0 saturated carbocycles. The van der Waals surface area contributed by atoms with Crippen LogP contribution in [0.2, 0.25) is 0 Å². The van der Waals surface area contributed by atoms with Gasteiger partial charge in [-0.3, -0.25) is 0 Å². The molecule has 12 aromatic rings. The highest BCUT2D eigenvalue weighted by Gasteiger charge is 2.24. The molecule has 0 unspecified atom stereocenters. The SMILES string of the molecule is c1ccc(-c2cc3c(cc(-c4c5ccccc5c(-c5ccc6c(c5)c5ccccc5n6-c5ccccc5)c5ccccc45)c4c5ccccc5oc34)o2)cc1. The van der Waals surface area contributed by atoms with Crippen LogP contribution in [-0.2, 0) is 0 Å². The second kappa shape index (κ2) is 11.6. The van der Waals surface area contributed by atoms with Gasteiger partial charge in [0.25, 0.3) is 0 Å². The molecule has 3 aromatic heterocycles. The lowest BCUT2D eigenvalue weighted by Gasteiger charge is -2.18. The summed E-state index contributed by atoms with van der Waals surface area (Å²) in [6, 6.07) is 67.2. The molecule has 0 N–H and O–H groups in total. The van der Waals surface area contributed by atoms with Crippen LogP contribution >= 0.6 is 0 Å². The van der Waals surface area contributed by atoms with E-state index in [0.717, 1.165) is 55.5 Å². The minimum absolute atomic E-state index is 0.804. The molecular formula is C52H31NO2. The zero-order chi connectivity index (χ0) is 36.0. The van der Waals surface area contributed by atoms with Crippen LogP contribution in [0.1, 0.15) is 0 Å². The Morgan fingerprint density at radius 1 is 0.345 bits per heavy atom. The Kier molecular flexibility index (Phi) is 6.34. The molecule has 0 spiro atoms. The van der Waals surface area contributed by atoms with Gasteiger partial charge in [-0.15, -0.1) is 0 Å². The fourth-order valence-electron chi connectivity index (χ4n) is 9.05. The van der Waals surface area contributed by atoms with Gasteiger partial charge in [-0.25, -0.2) is 0 Å². The third kappa shape index (κ3) is 4.38. The minimum atomic E-state index is 0.804. The number of nitrogens with zero attached hydrogens (tertiary/aromatic N) is 1. The largest absolute Gasteiger partial charge is 0.456 e. The minimum Gasteiger partial charge on any atom is -0.456 e. The summed E-state index contributed by atoms with van der Waals surface area (Å²) in [4.78, 5) is 0. The van der Waals surface area contributed by atoms with Gasteiger partial charge in [0.1, 0.15) is 22.5 Å². The molecule has 0 radical (unpaired) electrons. The van der Waals surface area contributed by atoms with Crippen molar-refractivity contribution in [2.24, 2.45) is 0 Å². The molecule has 256 valence electrons. The Labute approximate surface area is 315 Å². The van der Waals surface area contributed by atoms with Gasteiger partial charge in [0.2, 0.25) is 0 Å². The second-order valence-electron chi connectivity index (χ2n) is 14.4. The molecule has 55 heavy (non-hydrogen) atoms. The summed E-state index contributed by atoms with van der Waals surface area (Å²) in [6.45, 7) is 0. The van der Waals surface area contributed by atoms with Crippen LogP contribution in [0.4, 0.5) is 0 Å². The maximum atomic E-state index is 6.74. The number of aromatic nitrogens is 1. The van der Waals surface area contributed by atoms with E-state index in [1.54, 1.807) is 0 Å². The molecule has 12 rings (SSSR count). The van der Waals surface area contributed by atoms with Crippen molar-refractivity contribution in [3.63, 3.8) is 0 Å². The van der Waals surface area contributed by atoms with Gasteiger partial charge in [-0.2, -0.15) is 0 Å². The van der Waals surface area contributed by atoms with E-state index in [9.17, 15) is 0 Å². The highest BCUT2D eigenvalue weighted by molar-refractivity contribution is 6.29. The molecular weight excluding hydrogens is 671 g/mol. The van der Waals surface area contributed by atoms with Crippen molar-refractivity contribution in [2.75, 3.05) is 0 Å². The summed E-state index contributed by atoms with van der Waals surface area (Å²) in [5.41, 5.74) is 11.8. The first-order valence-electron chi connectivity index (χ1n) is 18.8. The highest BCUT2D eigenvalue weighted by atomic mass is 16.3. The molecule has 3 heteroatoms. The van der Waals surface area contributed by atoms with E-state index >= 15 is 0 Å². The standard InChI is InChI=1S/C52H31NO2/c1-3-15-32(16-4-1)47-30-42-48(54-47)31-43(51-40-24-12-14-26-46(40)55-52(42)51)50-38-22-9-7-20-36(38)49(37-21-8-10-23-39(37)50)33-27-28-45-41(29-33)35-19-11-13-25-44(35)53(45)34-17-5-2-6-18-34/h1-31H. The molecule has 0 atom stereocenters. The van der Waals surface area contributed by atoms with E-state index in [0.29, 0.717) is 0 Å². The molecule has 0 saturated heterocycles. The lowest BCUT2D eigenvalue weighted by molar-refractivity contribution is 0.631. The number of fused-ring (bicyclic) bond motifs is 10. The van der Waals surface area contributed by atoms with Crippen molar-refractivity contribution in [2.45, 2.75) is 0 Å². The number of para-hydroxylation sites is 3. The van der Waals surface area contributed by atoms with Crippen molar-refractivity contribution in [1.82, 2.24) is 4.57 Å². The van der Waals surface area contributed by atoms with Gasteiger partial charge in [-0.05, 0) is 92.3 Å². The van der Waals surface area contributed by atoms with E-state index in [2.05, 4.69) is 168 Å². The molecule has 0 aliphatic rings. The van der Waals surface area contributed by atoms with Gasteiger partial charge in [0.05, 0.1) is 16.4 Å². The van der Waals surface area contributed by atoms with Crippen LogP contribution < -0.4 is 0 Å². The summed E-state index contributed by atoms with van der Waals surface area (Å²) in [6.07, 6.45) is 0. The number of rotatable bonds is 4. The molecule has 0 fully saturated rings. The quantitative estimate of drug-likeness (QED) is 0.171. The van der Waals surface area contributed by atoms with Gasteiger partial charge in [0, 0.05) is 32.8 Å². The number of hydrogen-bond acceptors (Lipinski definition) is 2. The summed E-state index contributed by atoms with van der Waals surface area (Å²) in [7, 11) is 0. The second-order valence-corrected chi connectivity index (χ2v) is 14.4. The molecule has 0 aliphatic heterocycles. The molecule has 3 nitrogen and oxygen atoms in total. The van der Waals surface area contributed by atoms with Gasteiger partial charge in [0.15, 0.2) is 0 Å². The van der Waals surface area contributed by atoms with E-state index in [-0.39, 0.29) is 0 Å². The maximum Gasteiger partial charge on any atom is 0.147 e. The van der Waals surface area contributed by atoms with Crippen LogP contribution in [0, 0.1) is 0 Å². The van der Waals surface area contributed by atoms with Crippen molar-refractivity contribution in [3.05, 3.63) is 188 Å². The maximum absolute atomic E-state index is 6.74. The Morgan fingerprint density at radius 3 is 1.65 bits per heavy atom. The summed E-state index contributed by atoms with van der Waals surface area (Å²) in [5, 5.41) is 10.4. The third-order valence-electron chi connectivity index (χ3n) is 11.4. The normalized spacial score (nSPS) is 12.0. The smallest absolute Gasteiger partial charge is 0.147 e. The monoisotopic (exact) mass is 701 g/mol. The average Bonchev–Trinajstić information content (AvgIpc) is 3.95. The van der Waals surface area contributed by atoms with Crippen molar-refractivity contribution < 1.29 is 8.83 Å². The molecule has 3 heterocycles. The first kappa shape index (κ1) is 30.1. The Bertz CT molecular complexity index is 3420. The third-order valence-corrected chi connectivity index (χ3v) is 11.4. The first-order chi connectivity index (χ1) is 27.3. The Hall–Kier alpha value is -7.36. The number of benzene rings is 9. The summed E-state index contributed by atoms with van der Waals surface area (Å²) in [5.74, 6) is 0.823. The van der Waals surface area contributed by atoms with Crippen LogP contribution in [0.15, 0.2) is 197 Å². The predicted octanol–water partition coefficient (Wildman–Crippen LogP) is 14.7.